The number of rotatable bonds is 5. The third-order valence-corrected chi connectivity index (χ3v) is 5.23. The highest BCUT2D eigenvalue weighted by Gasteiger charge is 2.30. The molecule has 1 aliphatic heterocycles. The van der Waals surface area contributed by atoms with Gasteiger partial charge in [0.2, 0.25) is 5.91 Å². The van der Waals surface area contributed by atoms with Crippen molar-refractivity contribution >= 4 is 35.1 Å². The molecule has 4 N–H and O–H groups in total. The topological polar surface area (TPSA) is 115 Å². The Kier molecular flexibility index (Phi) is 5.99. The number of likely N-dealkylation sites (N-methyl/N-ethyl adjacent to an activating group) is 1. The largest absolute Gasteiger partial charge is 0.391 e. The van der Waals surface area contributed by atoms with Crippen molar-refractivity contribution in [1.29, 1.82) is 0 Å². The lowest BCUT2D eigenvalue weighted by atomic mass is 10.0. The predicted molar refractivity (Wildman–Crippen MR) is 115 cm³/mol. The van der Waals surface area contributed by atoms with E-state index in [2.05, 4.69) is 15.6 Å². The summed E-state index contributed by atoms with van der Waals surface area (Å²) in [5.74, 6) is -1.79. The van der Waals surface area contributed by atoms with Crippen LogP contribution in [-0.2, 0) is 9.59 Å². The molecule has 3 rings (SSSR count). The fourth-order valence-electron chi connectivity index (χ4n) is 3.59. The third kappa shape index (κ3) is 4.22. The molecule has 164 valence electrons. The minimum Gasteiger partial charge on any atom is -0.391 e. The van der Waals surface area contributed by atoms with Gasteiger partial charge in [-0.1, -0.05) is 0 Å². The molecule has 31 heavy (non-hydrogen) atoms. The maximum Gasteiger partial charge on any atom is 0.256 e. The van der Waals surface area contributed by atoms with Crippen molar-refractivity contribution in [2.24, 2.45) is 0 Å². The number of hydrogen-bond donors (Lipinski definition) is 4. The molecule has 0 spiro atoms. The SMILES string of the molecule is Cc1[nH]c(C=C2C(=O)Nc3ccc(F)cc32)c(C)c1C(=O)N[C@@H](C(=O)N(C)C)[C@H](C)O. The van der Waals surface area contributed by atoms with Crippen molar-refractivity contribution in [1.82, 2.24) is 15.2 Å². The molecule has 9 heteroatoms. The molecular formula is C22H25FN4O4. The number of aromatic amines is 1. The highest BCUT2D eigenvalue weighted by Crippen LogP contribution is 2.34. The summed E-state index contributed by atoms with van der Waals surface area (Å²) in [4.78, 5) is 42.0. The molecule has 2 atom stereocenters. The molecule has 0 unspecified atom stereocenters. The zero-order chi connectivity index (χ0) is 23.0. The summed E-state index contributed by atoms with van der Waals surface area (Å²) in [5.41, 5.74) is 3.13. The number of nitrogens with zero attached hydrogens (tertiary/aromatic N) is 1. The van der Waals surface area contributed by atoms with Crippen molar-refractivity contribution in [2.45, 2.75) is 32.9 Å². The molecular weight excluding hydrogens is 403 g/mol. The van der Waals surface area contributed by atoms with Crippen LogP contribution in [0.2, 0.25) is 0 Å². The van der Waals surface area contributed by atoms with E-state index in [0.717, 1.165) is 0 Å². The molecule has 0 saturated carbocycles. The van der Waals surface area contributed by atoms with Crippen molar-refractivity contribution in [3.8, 4) is 0 Å². The van der Waals surface area contributed by atoms with Gasteiger partial charge in [-0.25, -0.2) is 4.39 Å². The molecule has 0 aliphatic carbocycles. The number of aromatic nitrogens is 1. The number of fused-ring (bicyclic) bond motifs is 1. The van der Waals surface area contributed by atoms with Gasteiger partial charge in [0.05, 0.1) is 17.2 Å². The standard InChI is InChI=1S/C22H25FN4O4/c1-10-17(9-15-14-8-13(23)6-7-16(14)25-20(15)29)24-11(2)18(10)21(30)26-19(12(3)28)22(31)27(4)5/h6-9,12,19,24,28H,1-5H3,(H,25,29)(H,26,30)/t12-,19+/m0/s1. The normalized spacial score (nSPS) is 16.0. The Balaban J connectivity index is 1.96. The smallest absolute Gasteiger partial charge is 0.256 e. The van der Waals surface area contributed by atoms with Gasteiger partial charge in [0.1, 0.15) is 11.9 Å². The van der Waals surface area contributed by atoms with Gasteiger partial charge in [0, 0.05) is 36.7 Å². The Morgan fingerprint density at radius 2 is 1.94 bits per heavy atom. The number of halogens is 1. The maximum atomic E-state index is 13.7. The second-order valence-electron chi connectivity index (χ2n) is 7.79. The molecule has 0 radical (unpaired) electrons. The van der Waals surface area contributed by atoms with E-state index in [-0.39, 0.29) is 11.5 Å². The fraction of sp³-hybridized carbons (Fsp3) is 0.318. The van der Waals surface area contributed by atoms with E-state index in [4.69, 9.17) is 0 Å². The first kappa shape index (κ1) is 22.2. The summed E-state index contributed by atoms with van der Waals surface area (Å²) < 4.78 is 13.7. The van der Waals surface area contributed by atoms with Crippen LogP contribution in [0.5, 0.6) is 0 Å². The van der Waals surface area contributed by atoms with Crippen LogP contribution in [0.15, 0.2) is 18.2 Å². The minimum absolute atomic E-state index is 0.274. The number of nitrogens with one attached hydrogen (secondary N) is 3. The first-order valence-electron chi connectivity index (χ1n) is 9.73. The van der Waals surface area contributed by atoms with E-state index in [1.807, 2.05) is 0 Å². The van der Waals surface area contributed by atoms with Gasteiger partial charge in [-0.3, -0.25) is 14.4 Å². The van der Waals surface area contributed by atoms with Crippen LogP contribution in [0.1, 0.15) is 39.8 Å². The molecule has 8 nitrogen and oxygen atoms in total. The molecule has 1 aromatic heterocycles. The molecule has 2 heterocycles. The number of aliphatic hydroxyl groups excluding tert-OH is 1. The number of benzene rings is 1. The lowest BCUT2D eigenvalue weighted by Gasteiger charge is -2.24. The number of aryl methyl sites for hydroxylation is 1. The average Bonchev–Trinajstić information content (AvgIpc) is 3.14. The summed E-state index contributed by atoms with van der Waals surface area (Å²) >= 11 is 0. The van der Waals surface area contributed by atoms with Gasteiger partial charge in [0.15, 0.2) is 0 Å². The van der Waals surface area contributed by atoms with Crippen LogP contribution in [0.3, 0.4) is 0 Å². The van der Waals surface area contributed by atoms with E-state index in [9.17, 15) is 23.9 Å². The van der Waals surface area contributed by atoms with Crippen LogP contribution in [0, 0.1) is 19.7 Å². The number of aliphatic hydroxyl groups is 1. The van der Waals surface area contributed by atoms with Crippen LogP contribution in [0.25, 0.3) is 11.6 Å². The number of carbonyl (C=O) groups excluding carboxylic acids is 3. The van der Waals surface area contributed by atoms with Crippen LogP contribution in [-0.4, -0.2) is 59.0 Å². The average molecular weight is 428 g/mol. The predicted octanol–water partition coefficient (Wildman–Crippen LogP) is 1.83. The highest BCUT2D eigenvalue weighted by molar-refractivity contribution is 6.34. The lowest BCUT2D eigenvalue weighted by molar-refractivity contribution is -0.133. The van der Waals surface area contributed by atoms with Gasteiger partial charge >= 0.3 is 0 Å². The summed E-state index contributed by atoms with van der Waals surface area (Å²) in [6.45, 7) is 4.82. The number of hydrogen-bond acceptors (Lipinski definition) is 4. The minimum atomic E-state index is -1.10. The monoisotopic (exact) mass is 428 g/mol. The van der Waals surface area contributed by atoms with E-state index in [0.29, 0.717) is 33.8 Å². The zero-order valence-electron chi connectivity index (χ0n) is 18.0. The van der Waals surface area contributed by atoms with Gasteiger partial charge in [-0.15, -0.1) is 0 Å². The van der Waals surface area contributed by atoms with Gasteiger partial charge in [0.25, 0.3) is 11.8 Å². The Morgan fingerprint density at radius 3 is 2.55 bits per heavy atom. The second-order valence-corrected chi connectivity index (χ2v) is 7.79. The molecule has 0 bridgehead atoms. The maximum absolute atomic E-state index is 13.7. The van der Waals surface area contributed by atoms with Crippen molar-refractivity contribution in [3.63, 3.8) is 0 Å². The van der Waals surface area contributed by atoms with Crippen LogP contribution >= 0.6 is 0 Å². The van der Waals surface area contributed by atoms with Crippen LogP contribution in [0.4, 0.5) is 10.1 Å². The number of H-pyrrole nitrogens is 1. The van der Waals surface area contributed by atoms with E-state index in [1.54, 1.807) is 19.9 Å². The summed E-state index contributed by atoms with van der Waals surface area (Å²) in [6, 6.07) is 2.93. The molecule has 1 aromatic carbocycles. The first-order chi connectivity index (χ1) is 14.5. The van der Waals surface area contributed by atoms with E-state index < -0.39 is 29.8 Å². The van der Waals surface area contributed by atoms with Crippen molar-refractivity contribution in [2.75, 3.05) is 19.4 Å². The van der Waals surface area contributed by atoms with Crippen molar-refractivity contribution < 1.29 is 23.9 Å². The molecule has 0 fully saturated rings. The summed E-state index contributed by atoms with van der Waals surface area (Å²) in [7, 11) is 3.07. The summed E-state index contributed by atoms with van der Waals surface area (Å²) in [6.07, 6.45) is 0.477. The fourth-order valence-corrected chi connectivity index (χ4v) is 3.59. The number of amides is 3. The number of carbonyl (C=O) groups is 3. The second kappa shape index (κ2) is 8.35. The summed E-state index contributed by atoms with van der Waals surface area (Å²) in [5, 5.41) is 15.2. The lowest BCUT2D eigenvalue weighted by Crippen LogP contribution is -2.52. The first-order valence-corrected chi connectivity index (χ1v) is 9.73. The van der Waals surface area contributed by atoms with Crippen molar-refractivity contribution in [3.05, 3.63) is 52.1 Å². The Hall–Kier alpha value is -3.46. The van der Waals surface area contributed by atoms with E-state index in [1.165, 1.54) is 44.1 Å². The van der Waals surface area contributed by atoms with Gasteiger partial charge in [-0.05, 0) is 50.6 Å². The Bertz CT molecular complexity index is 1100. The van der Waals surface area contributed by atoms with Gasteiger partial charge < -0.3 is 25.6 Å². The zero-order valence-corrected chi connectivity index (χ0v) is 18.0. The quantitative estimate of drug-likeness (QED) is 0.544. The Morgan fingerprint density at radius 1 is 1.26 bits per heavy atom. The van der Waals surface area contributed by atoms with E-state index >= 15 is 0 Å². The Labute approximate surface area is 179 Å². The number of anilines is 1. The molecule has 2 aromatic rings. The molecule has 0 saturated heterocycles. The third-order valence-electron chi connectivity index (χ3n) is 5.23. The molecule has 3 amide bonds. The molecule has 1 aliphatic rings. The van der Waals surface area contributed by atoms with Crippen LogP contribution < -0.4 is 10.6 Å². The highest BCUT2D eigenvalue weighted by atomic mass is 19.1. The van der Waals surface area contributed by atoms with Gasteiger partial charge in [-0.2, -0.15) is 0 Å².